The molecule has 0 aromatic rings. The first-order valence-corrected chi connectivity index (χ1v) is 4.20. The third kappa shape index (κ3) is 1.58. The molecule has 1 atom stereocenters. The van der Waals surface area contributed by atoms with Gasteiger partial charge in [0.25, 0.3) is 5.91 Å². The number of morpholine rings is 1. The maximum Gasteiger partial charge on any atom is 0.261 e. The van der Waals surface area contributed by atoms with E-state index < -0.39 is 6.10 Å². The fourth-order valence-electron chi connectivity index (χ4n) is 1.37. The van der Waals surface area contributed by atoms with Gasteiger partial charge in [-0.15, -0.1) is 0 Å². The fraction of sp³-hybridized carbons (Fsp3) is 0.444. The molecule has 2 aliphatic rings. The van der Waals surface area contributed by atoms with Gasteiger partial charge in [0.15, 0.2) is 6.10 Å². The minimum atomic E-state index is -0.576. The molecule has 1 fully saturated rings. The van der Waals surface area contributed by atoms with E-state index in [0.29, 0.717) is 24.7 Å². The molecule has 2 aliphatic heterocycles. The van der Waals surface area contributed by atoms with E-state index in [1.54, 1.807) is 0 Å². The molecule has 2 heterocycles. The van der Waals surface area contributed by atoms with Gasteiger partial charge in [-0.25, -0.2) is 0 Å². The Balaban J connectivity index is 2.07. The molecule has 1 saturated heterocycles. The lowest BCUT2D eigenvalue weighted by Gasteiger charge is -2.24. The zero-order valence-electron chi connectivity index (χ0n) is 7.21. The second kappa shape index (κ2) is 3.22. The highest BCUT2D eigenvalue weighted by atomic mass is 16.5. The maximum absolute atomic E-state index is 11.4. The third-order valence-electron chi connectivity index (χ3n) is 1.95. The molecule has 1 unspecified atom stereocenters. The number of nitrogens with one attached hydrogen (secondary N) is 1. The van der Waals surface area contributed by atoms with Gasteiger partial charge in [-0.05, 0) is 6.08 Å². The second-order valence-electron chi connectivity index (χ2n) is 3.03. The quantitative estimate of drug-likeness (QED) is 0.633. The molecule has 0 spiro atoms. The summed E-state index contributed by atoms with van der Waals surface area (Å²) in [7, 11) is 0. The summed E-state index contributed by atoms with van der Waals surface area (Å²) in [5.74, 6) is 0.439. The summed E-state index contributed by atoms with van der Waals surface area (Å²) < 4.78 is 10.5. The number of hydrogen-bond acceptors (Lipinski definition) is 3. The molecular weight excluding hydrogens is 170 g/mol. The number of amides is 1. The molecule has 1 amide bonds. The van der Waals surface area contributed by atoms with Crippen molar-refractivity contribution in [2.24, 2.45) is 0 Å². The number of carbonyl (C=O) groups is 1. The lowest BCUT2D eigenvalue weighted by atomic mass is 10.2. The van der Waals surface area contributed by atoms with Crippen LogP contribution < -0.4 is 5.32 Å². The van der Waals surface area contributed by atoms with Crippen LogP contribution >= 0.6 is 0 Å². The van der Waals surface area contributed by atoms with Crippen LogP contribution in [0, 0.1) is 0 Å². The molecule has 0 aliphatic carbocycles. The Morgan fingerprint density at radius 3 is 3.08 bits per heavy atom. The third-order valence-corrected chi connectivity index (χ3v) is 1.95. The summed E-state index contributed by atoms with van der Waals surface area (Å²) in [5, 5.41) is 2.63. The summed E-state index contributed by atoms with van der Waals surface area (Å²) >= 11 is 0. The van der Waals surface area contributed by atoms with Crippen molar-refractivity contribution in [1.82, 2.24) is 5.32 Å². The number of hydrogen-bond donors (Lipinski definition) is 1. The Labute approximate surface area is 76.2 Å². The Bertz CT molecular complexity index is 283. The predicted molar refractivity (Wildman–Crippen MR) is 45.7 cm³/mol. The zero-order valence-corrected chi connectivity index (χ0v) is 7.21. The van der Waals surface area contributed by atoms with Gasteiger partial charge in [0.05, 0.1) is 13.2 Å². The van der Waals surface area contributed by atoms with E-state index in [1.807, 2.05) is 6.08 Å². The highest BCUT2D eigenvalue weighted by Crippen LogP contribution is 2.19. The summed E-state index contributed by atoms with van der Waals surface area (Å²) in [6, 6.07) is 0. The van der Waals surface area contributed by atoms with Crippen LogP contribution in [-0.4, -0.2) is 25.2 Å². The van der Waals surface area contributed by atoms with E-state index in [9.17, 15) is 4.79 Å². The first-order chi connectivity index (χ1) is 6.27. The smallest absolute Gasteiger partial charge is 0.261 e. The second-order valence-corrected chi connectivity index (χ2v) is 3.03. The van der Waals surface area contributed by atoms with Crippen molar-refractivity contribution in [1.29, 1.82) is 0 Å². The van der Waals surface area contributed by atoms with Crippen LogP contribution in [0.25, 0.3) is 0 Å². The normalized spacial score (nSPS) is 28.0. The molecule has 0 radical (unpaired) electrons. The van der Waals surface area contributed by atoms with Crippen molar-refractivity contribution in [2.75, 3.05) is 13.2 Å². The molecule has 1 N–H and O–H groups in total. The summed E-state index contributed by atoms with van der Waals surface area (Å²) in [5.41, 5.74) is 0.597. The summed E-state index contributed by atoms with van der Waals surface area (Å²) in [6.07, 6.45) is 2.16. The average Bonchev–Trinajstić information content (AvgIpc) is 2.56. The van der Waals surface area contributed by atoms with Gasteiger partial charge in [-0.1, -0.05) is 6.58 Å². The highest BCUT2D eigenvalue weighted by molar-refractivity contribution is 5.85. The first-order valence-electron chi connectivity index (χ1n) is 4.20. The standard InChI is InChI=1S/C9H11NO3/c1-6-5-13-8(9(11)10-6)7-3-2-4-12-7/h3,8H,1-2,4-5H2,(H,10,11). The molecule has 4 heteroatoms. The van der Waals surface area contributed by atoms with Gasteiger partial charge in [0, 0.05) is 12.1 Å². The van der Waals surface area contributed by atoms with Gasteiger partial charge in [0.2, 0.25) is 0 Å². The molecular formula is C9H11NO3. The van der Waals surface area contributed by atoms with Gasteiger partial charge >= 0.3 is 0 Å². The number of ether oxygens (including phenoxy) is 2. The lowest BCUT2D eigenvalue weighted by Crippen LogP contribution is -2.43. The lowest BCUT2D eigenvalue weighted by molar-refractivity contribution is -0.134. The molecule has 2 rings (SSSR count). The maximum atomic E-state index is 11.4. The molecule has 0 aromatic carbocycles. The Morgan fingerprint density at radius 1 is 1.62 bits per heavy atom. The van der Waals surface area contributed by atoms with E-state index in [1.165, 1.54) is 0 Å². The van der Waals surface area contributed by atoms with Crippen molar-refractivity contribution in [3.63, 3.8) is 0 Å². The molecule has 0 saturated carbocycles. The Kier molecular flexibility index (Phi) is 2.06. The van der Waals surface area contributed by atoms with Crippen LogP contribution in [0.3, 0.4) is 0 Å². The summed E-state index contributed by atoms with van der Waals surface area (Å²) in [4.78, 5) is 11.4. The topological polar surface area (TPSA) is 47.6 Å². The van der Waals surface area contributed by atoms with Crippen LogP contribution in [0.1, 0.15) is 6.42 Å². The summed E-state index contributed by atoms with van der Waals surface area (Å²) in [6.45, 7) is 4.61. The molecule has 0 aromatic heterocycles. The van der Waals surface area contributed by atoms with E-state index in [0.717, 1.165) is 6.42 Å². The minimum absolute atomic E-state index is 0.190. The van der Waals surface area contributed by atoms with Crippen molar-refractivity contribution in [3.8, 4) is 0 Å². The van der Waals surface area contributed by atoms with Crippen LogP contribution in [0.4, 0.5) is 0 Å². The molecule has 0 bridgehead atoms. The van der Waals surface area contributed by atoms with Gasteiger partial charge < -0.3 is 14.8 Å². The fourth-order valence-corrected chi connectivity index (χ4v) is 1.37. The molecule has 4 nitrogen and oxygen atoms in total. The minimum Gasteiger partial charge on any atom is -0.495 e. The molecule has 70 valence electrons. The monoisotopic (exact) mass is 181 g/mol. The highest BCUT2D eigenvalue weighted by Gasteiger charge is 2.30. The number of carbonyl (C=O) groups excluding carboxylic acids is 1. The SMILES string of the molecule is C=C1COC(C2=CCCO2)C(=O)N1. The van der Waals surface area contributed by atoms with E-state index in [-0.39, 0.29) is 5.91 Å². The van der Waals surface area contributed by atoms with Crippen LogP contribution in [0.15, 0.2) is 24.1 Å². The first kappa shape index (κ1) is 8.31. The van der Waals surface area contributed by atoms with Crippen molar-refractivity contribution < 1.29 is 14.3 Å². The van der Waals surface area contributed by atoms with Gasteiger partial charge in [-0.2, -0.15) is 0 Å². The van der Waals surface area contributed by atoms with Gasteiger partial charge in [-0.3, -0.25) is 4.79 Å². The van der Waals surface area contributed by atoms with Crippen LogP contribution in [-0.2, 0) is 14.3 Å². The van der Waals surface area contributed by atoms with Crippen molar-refractivity contribution in [2.45, 2.75) is 12.5 Å². The average molecular weight is 181 g/mol. The van der Waals surface area contributed by atoms with Crippen molar-refractivity contribution >= 4 is 5.91 Å². The van der Waals surface area contributed by atoms with E-state index in [2.05, 4.69) is 11.9 Å². The molecule has 13 heavy (non-hydrogen) atoms. The zero-order chi connectivity index (χ0) is 9.26. The number of rotatable bonds is 1. The van der Waals surface area contributed by atoms with E-state index in [4.69, 9.17) is 9.47 Å². The van der Waals surface area contributed by atoms with Crippen LogP contribution in [0.2, 0.25) is 0 Å². The predicted octanol–water partition coefficient (Wildman–Crippen LogP) is 0.319. The van der Waals surface area contributed by atoms with Gasteiger partial charge in [0.1, 0.15) is 5.76 Å². The van der Waals surface area contributed by atoms with Crippen LogP contribution in [0.5, 0.6) is 0 Å². The Hall–Kier alpha value is -1.29. The van der Waals surface area contributed by atoms with Crippen molar-refractivity contribution in [3.05, 3.63) is 24.1 Å². The Morgan fingerprint density at radius 2 is 2.46 bits per heavy atom. The largest absolute Gasteiger partial charge is 0.495 e. The van der Waals surface area contributed by atoms with E-state index >= 15 is 0 Å².